The van der Waals surface area contributed by atoms with Gasteiger partial charge in [-0.05, 0) is 24.3 Å². The minimum absolute atomic E-state index is 0.0478. The number of nitrogens with one attached hydrogen (secondary N) is 1. The fraction of sp³-hybridized carbons (Fsp3) is 0. The predicted molar refractivity (Wildman–Crippen MR) is 70.3 cm³/mol. The molecule has 1 aliphatic heterocycles. The Morgan fingerprint density at radius 3 is 2.45 bits per heavy atom. The molecule has 8 heteroatoms. The van der Waals surface area contributed by atoms with Gasteiger partial charge in [0, 0.05) is 16.9 Å². The standard InChI is InChI=1S/C12H6ClN5O2/c13-6-1-3-7(4-2-6)15-12-14-5-8-9(16-12)11(20)18-17-10(8)19/h1-5H,(H,14,15,16). The second kappa shape index (κ2) is 4.78. The molecule has 0 aliphatic carbocycles. The molecular weight excluding hydrogens is 282 g/mol. The molecule has 0 unspecified atom stereocenters. The molecule has 0 saturated heterocycles. The van der Waals surface area contributed by atoms with Crippen molar-refractivity contribution in [2.24, 2.45) is 10.2 Å². The number of hydrogen-bond donors (Lipinski definition) is 1. The minimum Gasteiger partial charge on any atom is -0.324 e. The maximum absolute atomic E-state index is 11.5. The van der Waals surface area contributed by atoms with Crippen LogP contribution in [0.25, 0.3) is 0 Å². The second-order valence-electron chi connectivity index (χ2n) is 3.90. The highest BCUT2D eigenvalue weighted by Crippen LogP contribution is 2.19. The molecule has 1 aliphatic rings. The zero-order valence-corrected chi connectivity index (χ0v) is 10.6. The molecule has 20 heavy (non-hydrogen) atoms. The largest absolute Gasteiger partial charge is 0.324 e. The Bertz CT molecular complexity index is 742. The highest BCUT2D eigenvalue weighted by Gasteiger charge is 2.24. The molecule has 2 heterocycles. The lowest BCUT2D eigenvalue weighted by Gasteiger charge is -2.09. The summed E-state index contributed by atoms with van der Waals surface area (Å²) in [6, 6.07) is 6.87. The number of carbonyl (C=O) groups excluding carboxylic acids is 2. The molecule has 1 aromatic heterocycles. The van der Waals surface area contributed by atoms with Crippen molar-refractivity contribution in [1.29, 1.82) is 0 Å². The van der Waals surface area contributed by atoms with E-state index in [-0.39, 0.29) is 17.2 Å². The Hall–Kier alpha value is -2.67. The lowest BCUT2D eigenvalue weighted by molar-refractivity contribution is 0.0916. The molecule has 98 valence electrons. The average Bonchev–Trinajstić information content (AvgIpc) is 2.46. The van der Waals surface area contributed by atoms with Crippen LogP contribution in [-0.4, -0.2) is 21.8 Å². The fourth-order valence-electron chi connectivity index (χ4n) is 1.62. The topological polar surface area (TPSA) is 96.7 Å². The third-order valence-electron chi connectivity index (χ3n) is 2.55. The van der Waals surface area contributed by atoms with E-state index in [2.05, 4.69) is 25.5 Å². The van der Waals surface area contributed by atoms with Crippen molar-refractivity contribution in [3.63, 3.8) is 0 Å². The lowest BCUT2D eigenvalue weighted by Crippen LogP contribution is -2.15. The van der Waals surface area contributed by atoms with Gasteiger partial charge in [-0.2, -0.15) is 0 Å². The first-order valence-electron chi connectivity index (χ1n) is 5.53. The van der Waals surface area contributed by atoms with Gasteiger partial charge in [0.15, 0.2) is 5.69 Å². The maximum Gasteiger partial charge on any atom is 0.315 e. The van der Waals surface area contributed by atoms with E-state index in [9.17, 15) is 9.59 Å². The van der Waals surface area contributed by atoms with Crippen LogP contribution in [0.3, 0.4) is 0 Å². The predicted octanol–water partition coefficient (Wildman–Crippen LogP) is 2.62. The highest BCUT2D eigenvalue weighted by molar-refractivity contribution is 6.30. The third-order valence-corrected chi connectivity index (χ3v) is 2.81. The number of aromatic nitrogens is 2. The molecular formula is C12H6ClN5O2. The van der Waals surface area contributed by atoms with Crippen LogP contribution in [0.5, 0.6) is 0 Å². The van der Waals surface area contributed by atoms with Crippen LogP contribution in [0.1, 0.15) is 20.8 Å². The molecule has 3 rings (SSSR count). The molecule has 7 nitrogen and oxygen atoms in total. The van der Waals surface area contributed by atoms with Crippen molar-refractivity contribution in [3.05, 3.63) is 46.7 Å². The number of rotatable bonds is 2. The van der Waals surface area contributed by atoms with Crippen LogP contribution >= 0.6 is 11.6 Å². The number of azo groups is 1. The van der Waals surface area contributed by atoms with Crippen molar-refractivity contribution in [1.82, 2.24) is 9.97 Å². The Kier molecular flexibility index (Phi) is 2.96. The quantitative estimate of drug-likeness (QED) is 0.915. The van der Waals surface area contributed by atoms with E-state index in [1.54, 1.807) is 24.3 Å². The lowest BCUT2D eigenvalue weighted by atomic mass is 10.2. The Balaban J connectivity index is 1.93. The SMILES string of the molecule is O=C1N=NC(=O)c2nc(Nc3ccc(Cl)cc3)ncc21. The van der Waals surface area contributed by atoms with Crippen molar-refractivity contribution in [3.8, 4) is 0 Å². The zero-order chi connectivity index (χ0) is 14.1. The summed E-state index contributed by atoms with van der Waals surface area (Å²) in [6.07, 6.45) is 1.25. The van der Waals surface area contributed by atoms with Gasteiger partial charge in [0.1, 0.15) is 0 Å². The van der Waals surface area contributed by atoms with Gasteiger partial charge in [-0.25, -0.2) is 9.97 Å². The van der Waals surface area contributed by atoms with Crippen LogP contribution in [0.15, 0.2) is 40.7 Å². The van der Waals surface area contributed by atoms with E-state index in [0.717, 1.165) is 0 Å². The van der Waals surface area contributed by atoms with E-state index in [1.807, 2.05) is 0 Å². The molecule has 0 atom stereocenters. The smallest absolute Gasteiger partial charge is 0.315 e. The number of benzene rings is 1. The monoisotopic (exact) mass is 287 g/mol. The van der Waals surface area contributed by atoms with Crippen LogP contribution in [0.4, 0.5) is 11.6 Å². The van der Waals surface area contributed by atoms with E-state index in [4.69, 9.17) is 11.6 Å². The molecule has 2 aromatic rings. The molecule has 0 bridgehead atoms. The highest BCUT2D eigenvalue weighted by atomic mass is 35.5. The summed E-state index contributed by atoms with van der Waals surface area (Å²) in [4.78, 5) is 30.9. The van der Waals surface area contributed by atoms with Crippen molar-refractivity contribution in [2.75, 3.05) is 5.32 Å². The zero-order valence-electron chi connectivity index (χ0n) is 9.87. The number of amides is 2. The number of fused-ring (bicyclic) bond motifs is 1. The Labute approximate surface area is 117 Å². The molecule has 0 saturated carbocycles. The van der Waals surface area contributed by atoms with Crippen LogP contribution in [-0.2, 0) is 0 Å². The van der Waals surface area contributed by atoms with E-state index < -0.39 is 11.8 Å². The van der Waals surface area contributed by atoms with Gasteiger partial charge in [0.05, 0.1) is 5.56 Å². The van der Waals surface area contributed by atoms with Gasteiger partial charge in [0.25, 0.3) is 5.91 Å². The van der Waals surface area contributed by atoms with Crippen LogP contribution in [0.2, 0.25) is 5.02 Å². The molecule has 0 radical (unpaired) electrons. The first-order chi connectivity index (χ1) is 9.63. The Morgan fingerprint density at radius 1 is 1.00 bits per heavy atom. The van der Waals surface area contributed by atoms with E-state index in [1.165, 1.54) is 6.20 Å². The van der Waals surface area contributed by atoms with Gasteiger partial charge < -0.3 is 5.32 Å². The summed E-state index contributed by atoms with van der Waals surface area (Å²) in [6.45, 7) is 0. The second-order valence-corrected chi connectivity index (χ2v) is 4.33. The molecule has 1 N–H and O–H groups in total. The number of carbonyl (C=O) groups is 2. The van der Waals surface area contributed by atoms with Crippen molar-refractivity contribution < 1.29 is 9.59 Å². The first kappa shape index (κ1) is 12.4. The molecule has 1 aromatic carbocycles. The Morgan fingerprint density at radius 2 is 1.70 bits per heavy atom. The third kappa shape index (κ3) is 2.26. The number of hydrogen-bond acceptors (Lipinski definition) is 5. The normalized spacial score (nSPS) is 13.2. The van der Waals surface area contributed by atoms with Gasteiger partial charge in [0.2, 0.25) is 5.95 Å². The van der Waals surface area contributed by atoms with E-state index >= 15 is 0 Å². The summed E-state index contributed by atoms with van der Waals surface area (Å²) in [5, 5.41) is 9.91. The molecule has 0 spiro atoms. The van der Waals surface area contributed by atoms with Gasteiger partial charge in [-0.1, -0.05) is 11.6 Å². The number of nitrogens with zero attached hydrogens (tertiary/aromatic N) is 4. The summed E-state index contributed by atoms with van der Waals surface area (Å²) < 4.78 is 0. The van der Waals surface area contributed by atoms with Gasteiger partial charge in [-0.3, -0.25) is 9.59 Å². The molecule has 0 fully saturated rings. The van der Waals surface area contributed by atoms with Crippen LogP contribution in [0, 0.1) is 0 Å². The average molecular weight is 288 g/mol. The number of anilines is 2. The summed E-state index contributed by atoms with van der Waals surface area (Å²) in [7, 11) is 0. The maximum atomic E-state index is 11.5. The summed E-state index contributed by atoms with van der Waals surface area (Å²) in [5.74, 6) is -1.11. The number of halogens is 1. The van der Waals surface area contributed by atoms with Crippen molar-refractivity contribution in [2.45, 2.75) is 0 Å². The fourth-order valence-corrected chi connectivity index (χ4v) is 1.74. The van der Waals surface area contributed by atoms with Gasteiger partial charge >= 0.3 is 5.91 Å². The molecule has 2 amide bonds. The van der Waals surface area contributed by atoms with Crippen molar-refractivity contribution >= 4 is 35.1 Å². The van der Waals surface area contributed by atoms with Gasteiger partial charge in [-0.15, -0.1) is 10.2 Å². The summed E-state index contributed by atoms with van der Waals surface area (Å²) >= 11 is 5.78. The first-order valence-corrected chi connectivity index (χ1v) is 5.91. The van der Waals surface area contributed by atoms with Crippen LogP contribution < -0.4 is 5.32 Å². The summed E-state index contributed by atoms with van der Waals surface area (Å²) in [5.41, 5.74) is 0.689. The minimum atomic E-state index is -0.666. The van der Waals surface area contributed by atoms with E-state index in [0.29, 0.717) is 10.7 Å².